The number of carbonyl (C=O) groups is 2. The highest BCUT2D eigenvalue weighted by atomic mass is 35.5. The van der Waals surface area contributed by atoms with E-state index >= 15 is 0 Å². The first-order valence-corrected chi connectivity index (χ1v) is 14.4. The van der Waals surface area contributed by atoms with E-state index in [-0.39, 0.29) is 5.92 Å². The van der Waals surface area contributed by atoms with Gasteiger partial charge in [-0.25, -0.2) is 4.79 Å². The number of unbranched alkanes of at least 4 members (excludes halogenated alkanes) is 5. The Hall–Kier alpha value is -3.31. The standard InChI is InChI=1S/C33H39ClO5/c1-4-6-7-8-9-10-23-37-28-17-15-27(16-18-28)32(35)38-29-19-11-25(12-20-29)26-13-21-30(22-14-26)39-33(36)31(34)24(3)5-2/h11-22,24,31H,4-10,23H2,1-3H3. The predicted molar refractivity (Wildman–Crippen MR) is 157 cm³/mol. The SMILES string of the molecule is CCCCCCCCOc1ccc(C(=O)Oc2ccc(-c3ccc(OC(=O)C(Cl)C(C)CC)cc3)cc2)cc1. The first-order chi connectivity index (χ1) is 18.9. The number of esters is 2. The van der Waals surface area contributed by atoms with Crippen molar-refractivity contribution in [3.05, 3.63) is 78.4 Å². The van der Waals surface area contributed by atoms with Crippen molar-refractivity contribution in [1.29, 1.82) is 0 Å². The number of benzene rings is 3. The number of ether oxygens (including phenoxy) is 3. The van der Waals surface area contributed by atoms with Crippen molar-refractivity contribution in [1.82, 2.24) is 0 Å². The van der Waals surface area contributed by atoms with Crippen LogP contribution in [0.15, 0.2) is 72.8 Å². The largest absolute Gasteiger partial charge is 0.494 e. The Bertz CT molecular complexity index is 1160. The molecule has 0 spiro atoms. The van der Waals surface area contributed by atoms with Crippen molar-refractivity contribution >= 4 is 23.5 Å². The molecule has 0 N–H and O–H groups in total. The highest BCUT2D eigenvalue weighted by molar-refractivity contribution is 6.30. The van der Waals surface area contributed by atoms with E-state index in [1.807, 2.05) is 38.1 Å². The Balaban J connectivity index is 1.47. The first-order valence-electron chi connectivity index (χ1n) is 13.9. The lowest BCUT2D eigenvalue weighted by Gasteiger charge is -2.15. The minimum atomic E-state index is -0.675. The van der Waals surface area contributed by atoms with Crippen LogP contribution in [-0.4, -0.2) is 23.9 Å². The third-order valence-electron chi connectivity index (χ3n) is 6.70. The Labute approximate surface area is 237 Å². The van der Waals surface area contributed by atoms with Crippen LogP contribution in [0, 0.1) is 5.92 Å². The fourth-order valence-corrected chi connectivity index (χ4v) is 4.19. The normalized spacial score (nSPS) is 12.4. The molecule has 0 saturated heterocycles. The molecule has 2 atom stereocenters. The zero-order chi connectivity index (χ0) is 28.0. The monoisotopic (exact) mass is 550 g/mol. The van der Waals surface area contributed by atoms with Crippen LogP contribution in [0.2, 0.25) is 0 Å². The van der Waals surface area contributed by atoms with Crippen molar-refractivity contribution in [2.45, 2.75) is 71.1 Å². The van der Waals surface area contributed by atoms with Gasteiger partial charge in [0.25, 0.3) is 0 Å². The van der Waals surface area contributed by atoms with Crippen molar-refractivity contribution in [3.8, 4) is 28.4 Å². The second-order valence-corrected chi connectivity index (χ2v) is 10.3. The predicted octanol–water partition coefficient (Wildman–Crippen LogP) is 8.87. The molecule has 0 aromatic heterocycles. The Morgan fingerprint density at radius 1 is 0.692 bits per heavy atom. The maximum Gasteiger partial charge on any atom is 0.343 e. The number of carbonyl (C=O) groups excluding carboxylic acids is 2. The molecule has 0 aliphatic rings. The fraction of sp³-hybridized carbons (Fsp3) is 0.394. The summed E-state index contributed by atoms with van der Waals surface area (Å²) in [6, 6.07) is 21.5. The summed E-state index contributed by atoms with van der Waals surface area (Å²) in [6.45, 7) is 6.81. The van der Waals surface area contributed by atoms with Gasteiger partial charge >= 0.3 is 11.9 Å². The number of halogens is 1. The van der Waals surface area contributed by atoms with Gasteiger partial charge in [-0.2, -0.15) is 0 Å². The average molecular weight is 551 g/mol. The molecule has 208 valence electrons. The fourth-order valence-electron chi connectivity index (χ4n) is 3.97. The molecular formula is C33H39ClO5. The quantitative estimate of drug-likeness (QED) is 0.0818. The molecule has 0 saturated carbocycles. The van der Waals surface area contributed by atoms with Crippen LogP contribution in [0.25, 0.3) is 11.1 Å². The summed E-state index contributed by atoms with van der Waals surface area (Å²) in [6.07, 6.45) is 8.10. The maximum absolute atomic E-state index is 12.6. The van der Waals surface area contributed by atoms with Crippen LogP contribution >= 0.6 is 11.6 Å². The lowest BCUT2D eigenvalue weighted by molar-refractivity contribution is -0.134. The second-order valence-electron chi connectivity index (χ2n) is 9.79. The van der Waals surface area contributed by atoms with Crippen LogP contribution in [0.4, 0.5) is 0 Å². The highest BCUT2D eigenvalue weighted by Gasteiger charge is 2.23. The van der Waals surface area contributed by atoms with Gasteiger partial charge in [-0.3, -0.25) is 4.79 Å². The molecule has 0 amide bonds. The molecule has 0 heterocycles. The maximum atomic E-state index is 12.6. The van der Waals surface area contributed by atoms with E-state index in [1.54, 1.807) is 48.5 Å². The zero-order valence-electron chi connectivity index (χ0n) is 23.2. The van der Waals surface area contributed by atoms with Gasteiger partial charge in [-0.1, -0.05) is 83.6 Å². The molecule has 3 rings (SSSR count). The summed E-state index contributed by atoms with van der Waals surface area (Å²) < 4.78 is 16.7. The van der Waals surface area contributed by atoms with Gasteiger partial charge in [-0.05, 0) is 72.0 Å². The van der Waals surface area contributed by atoms with Gasteiger partial charge in [0.1, 0.15) is 22.6 Å². The van der Waals surface area contributed by atoms with Gasteiger partial charge in [0.05, 0.1) is 12.2 Å². The molecule has 0 aliphatic heterocycles. The van der Waals surface area contributed by atoms with E-state index in [9.17, 15) is 9.59 Å². The Morgan fingerprint density at radius 2 is 1.21 bits per heavy atom. The molecule has 5 nitrogen and oxygen atoms in total. The van der Waals surface area contributed by atoms with Crippen LogP contribution in [0.1, 0.15) is 76.1 Å². The van der Waals surface area contributed by atoms with Crippen molar-refractivity contribution in [2.24, 2.45) is 5.92 Å². The Kier molecular flexibility index (Phi) is 12.4. The van der Waals surface area contributed by atoms with Crippen LogP contribution in [-0.2, 0) is 4.79 Å². The topological polar surface area (TPSA) is 61.8 Å². The van der Waals surface area contributed by atoms with Gasteiger partial charge in [-0.15, -0.1) is 11.6 Å². The third-order valence-corrected chi connectivity index (χ3v) is 7.30. The number of rotatable bonds is 15. The molecule has 0 bridgehead atoms. The molecule has 2 unspecified atom stereocenters. The molecular weight excluding hydrogens is 512 g/mol. The number of alkyl halides is 1. The molecule has 3 aromatic rings. The van der Waals surface area contributed by atoms with Crippen LogP contribution < -0.4 is 14.2 Å². The third kappa shape index (κ3) is 9.74. The Morgan fingerprint density at radius 3 is 1.77 bits per heavy atom. The van der Waals surface area contributed by atoms with Crippen molar-refractivity contribution < 1.29 is 23.8 Å². The van der Waals surface area contributed by atoms with Crippen LogP contribution in [0.3, 0.4) is 0 Å². The number of hydrogen-bond donors (Lipinski definition) is 0. The number of hydrogen-bond acceptors (Lipinski definition) is 5. The molecule has 0 radical (unpaired) electrons. The lowest BCUT2D eigenvalue weighted by atomic mass is 10.0. The molecule has 0 fully saturated rings. The summed E-state index contributed by atoms with van der Waals surface area (Å²) in [5.41, 5.74) is 2.34. The summed E-state index contributed by atoms with van der Waals surface area (Å²) in [7, 11) is 0. The van der Waals surface area contributed by atoms with Gasteiger partial charge in [0.2, 0.25) is 0 Å². The van der Waals surface area contributed by atoms with E-state index in [1.165, 1.54) is 32.1 Å². The summed E-state index contributed by atoms with van der Waals surface area (Å²) in [5.74, 6) is 0.826. The lowest BCUT2D eigenvalue weighted by Crippen LogP contribution is -2.26. The van der Waals surface area contributed by atoms with Gasteiger partial charge in [0, 0.05) is 0 Å². The molecule has 39 heavy (non-hydrogen) atoms. The molecule has 3 aromatic carbocycles. The summed E-state index contributed by atoms with van der Waals surface area (Å²) >= 11 is 6.18. The minimum Gasteiger partial charge on any atom is -0.494 e. The zero-order valence-corrected chi connectivity index (χ0v) is 23.9. The average Bonchev–Trinajstić information content (AvgIpc) is 2.97. The van der Waals surface area contributed by atoms with E-state index in [0.29, 0.717) is 23.7 Å². The van der Waals surface area contributed by atoms with Gasteiger partial charge < -0.3 is 14.2 Å². The van der Waals surface area contributed by atoms with Gasteiger partial charge in [0.15, 0.2) is 0 Å². The molecule has 6 heteroatoms. The molecule has 0 aliphatic carbocycles. The minimum absolute atomic E-state index is 0.0409. The van der Waals surface area contributed by atoms with E-state index in [0.717, 1.165) is 29.7 Å². The summed E-state index contributed by atoms with van der Waals surface area (Å²) in [5, 5.41) is -0.675. The van der Waals surface area contributed by atoms with E-state index in [2.05, 4.69) is 6.92 Å². The first kappa shape index (κ1) is 30.2. The summed E-state index contributed by atoms with van der Waals surface area (Å²) in [4.78, 5) is 24.8. The van der Waals surface area contributed by atoms with E-state index < -0.39 is 17.3 Å². The smallest absolute Gasteiger partial charge is 0.343 e. The van der Waals surface area contributed by atoms with Crippen LogP contribution in [0.5, 0.6) is 17.2 Å². The second kappa shape index (κ2) is 15.9. The van der Waals surface area contributed by atoms with Crippen molar-refractivity contribution in [3.63, 3.8) is 0 Å². The van der Waals surface area contributed by atoms with Crippen molar-refractivity contribution in [2.75, 3.05) is 6.61 Å². The highest BCUT2D eigenvalue weighted by Crippen LogP contribution is 2.26. The van der Waals surface area contributed by atoms with E-state index in [4.69, 9.17) is 25.8 Å².